The monoisotopic (exact) mass is 477 g/mol. The van der Waals surface area contributed by atoms with E-state index in [-0.39, 0.29) is 23.9 Å². The normalized spacial score (nSPS) is 14.4. The van der Waals surface area contributed by atoms with Crippen molar-refractivity contribution in [3.8, 4) is 0 Å². The largest absolute Gasteiger partial charge is 0.368 e. The summed E-state index contributed by atoms with van der Waals surface area (Å²) in [4.78, 5) is 17.6. The fourth-order valence-electron chi connectivity index (χ4n) is 4.24. The van der Waals surface area contributed by atoms with Crippen LogP contribution in [0.1, 0.15) is 16.7 Å². The molecule has 1 aliphatic heterocycles. The van der Waals surface area contributed by atoms with Crippen LogP contribution in [0.2, 0.25) is 0 Å². The first-order valence-corrected chi connectivity index (χ1v) is 13.0. The topological polar surface area (TPSA) is 60.9 Å². The zero-order valence-corrected chi connectivity index (χ0v) is 20.5. The number of benzene rings is 3. The molecule has 4 rings (SSSR count). The molecule has 1 fully saturated rings. The summed E-state index contributed by atoms with van der Waals surface area (Å²) in [5, 5.41) is 0. The first kappa shape index (κ1) is 24.0. The van der Waals surface area contributed by atoms with E-state index in [2.05, 4.69) is 17.0 Å². The Balaban J connectivity index is 1.53. The van der Waals surface area contributed by atoms with E-state index in [0.29, 0.717) is 18.7 Å². The Morgan fingerprint density at radius 1 is 0.853 bits per heavy atom. The van der Waals surface area contributed by atoms with Crippen molar-refractivity contribution in [1.29, 1.82) is 0 Å². The second-order valence-electron chi connectivity index (χ2n) is 8.73. The molecule has 0 bridgehead atoms. The molecular weight excluding hydrogens is 446 g/mol. The maximum atomic E-state index is 13.7. The van der Waals surface area contributed by atoms with E-state index in [1.807, 2.05) is 67.6 Å². The van der Waals surface area contributed by atoms with Gasteiger partial charge in [-0.3, -0.25) is 4.79 Å². The number of para-hydroxylation sites is 1. The number of piperazine rings is 1. The summed E-state index contributed by atoms with van der Waals surface area (Å²) in [5.41, 5.74) is 3.52. The molecule has 1 saturated heterocycles. The van der Waals surface area contributed by atoms with Gasteiger partial charge in [0.25, 0.3) is 0 Å². The number of carbonyl (C=O) groups excluding carboxylic acids is 1. The van der Waals surface area contributed by atoms with Crippen LogP contribution in [0, 0.1) is 13.8 Å². The highest BCUT2D eigenvalue weighted by Crippen LogP contribution is 2.24. The number of anilines is 1. The Bertz CT molecular complexity index is 1220. The van der Waals surface area contributed by atoms with Crippen LogP contribution in [0.4, 0.5) is 5.69 Å². The molecule has 1 heterocycles. The third-order valence-corrected chi connectivity index (χ3v) is 8.16. The maximum absolute atomic E-state index is 13.7. The van der Waals surface area contributed by atoms with Crippen molar-refractivity contribution < 1.29 is 13.2 Å². The summed E-state index contributed by atoms with van der Waals surface area (Å²) in [6.07, 6.45) is 0. The number of carbonyl (C=O) groups is 1. The van der Waals surface area contributed by atoms with Crippen molar-refractivity contribution in [2.24, 2.45) is 0 Å². The van der Waals surface area contributed by atoms with E-state index >= 15 is 0 Å². The van der Waals surface area contributed by atoms with Gasteiger partial charge in [-0.15, -0.1) is 0 Å². The van der Waals surface area contributed by atoms with Gasteiger partial charge >= 0.3 is 0 Å². The fraction of sp³-hybridized carbons (Fsp3) is 0.296. The molecule has 0 aliphatic carbocycles. The lowest BCUT2D eigenvalue weighted by Gasteiger charge is -2.37. The number of hydrogen-bond donors (Lipinski definition) is 0. The molecule has 3 aromatic rings. The van der Waals surface area contributed by atoms with Gasteiger partial charge in [0.15, 0.2) is 0 Å². The summed E-state index contributed by atoms with van der Waals surface area (Å²) in [6, 6.07) is 24.9. The van der Waals surface area contributed by atoms with Gasteiger partial charge in [-0.05, 0) is 48.7 Å². The summed E-state index contributed by atoms with van der Waals surface area (Å²) in [7, 11) is -3.86. The van der Waals surface area contributed by atoms with E-state index < -0.39 is 10.0 Å². The van der Waals surface area contributed by atoms with Crippen LogP contribution in [0.3, 0.4) is 0 Å². The highest BCUT2D eigenvalue weighted by molar-refractivity contribution is 7.89. The Kier molecular flexibility index (Phi) is 7.34. The smallest absolute Gasteiger partial charge is 0.244 e. The zero-order valence-electron chi connectivity index (χ0n) is 19.7. The van der Waals surface area contributed by atoms with Gasteiger partial charge < -0.3 is 9.80 Å². The van der Waals surface area contributed by atoms with Crippen LogP contribution < -0.4 is 4.90 Å². The summed E-state index contributed by atoms with van der Waals surface area (Å²) >= 11 is 0. The van der Waals surface area contributed by atoms with Gasteiger partial charge in [0, 0.05) is 38.4 Å². The molecule has 0 spiro atoms. The first-order chi connectivity index (χ1) is 16.3. The number of rotatable bonds is 7. The van der Waals surface area contributed by atoms with E-state index in [0.717, 1.165) is 29.9 Å². The maximum Gasteiger partial charge on any atom is 0.244 e. The van der Waals surface area contributed by atoms with Crippen LogP contribution in [0.15, 0.2) is 83.8 Å². The first-order valence-electron chi connectivity index (χ1n) is 11.5. The molecule has 3 aromatic carbocycles. The third kappa shape index (κ3) is 5.48. The summed E-state index contributed by atoms with van der Waals surface area (Å²) < 4.78 is 28.7. The number of aryl methyl sites for hydroxylation is 2. The van der Waals surface area contributed by atoms with E-state index in [1.165, 1.54) is 4.31 Å². The molecule has 34 heavy (non-hydrogen) atoms. The lowest BCUT2D eigenvalue weighted by atomic mass is 10.2. The molecule has 0 unspecified atom stereocenters. The van der Waals surface area contributed by atoms with Crippen molar-refractivity contribution in [3.63, 3.8) is 0 Å². The quantitative estimate of drug-likeness (QED) is 0.519. The van der Waals surface area contributed by atoms with Gasteiger partial charge in [-0.25, -0.2) is 8.42 Å². The predicted molar refractivity (Wildman–Crippen MR) is 135 cm³/mol. The second kappa shape index (κ2) is 10.4. The van der Waals surface area contributed by atoms with Crippen molar-refractivity contribution in [2.45, 2.75) is 25.3 Å². The molecule has 0 atom stereocenters. The van der Waals surface area contributed by atoms with Crippen LogP contribution in [0.25, 0.3) is 0 Å². The summed E-state index contributed by atoms with van der Waals surface area (Å²) in [6.45, 7) is 6.19. The number of sulfonamides is 1. The average Bonchev–Trinajstić information content (AvgIpc) is 2.86. The molecule has 178 valence electrons. The Labute approximate surface area is 202 Å². The molecule has 0 saturated carbocycles. The van der Waals surface area contributed by atoms with Crippen LogP contribution in [-0.4, -0.2) is 56.3 Å². The minimum Gasteiger partial charge on any atom is -0.368 e. The van der Waals surface area contributed by atoms with Gasteiger partial charge in [-0.1, -0.05) is 60.7 Å². The van der Waals surface area contributed by atoms with E-state index in [1.54, 1.807) is 17.9 Å². The van der Waals surface area contributed by atoms with Crippen molar-refractivity contribution in [1.82, 2.24) is 9.21 Å². The molecule has 0 N–H and O–H groups in total. The highest BCUT2D eigenvalue weighted by atomic mass is 32.2. The average molecular weight is 478 g/mol. The van der Waals surface area contributed by atoms with E-state index in [9.17, 15) is 13.2 Å². The van der Waals surface area contributed by atoms with Gasteiger partial charge in [-0.2, -0.15) is 4.31 Å². The minimum absolute atomic E-state index is 0.145. The lowest BCUT2D eigenvalue weighted by molar-refractivity contribution is -0.131. The minimum atomic E-state index is -3.86. The number of nitrogens with zero attached hydrogens (tertiary/aromatic N) is 3. The Morgan fingerprint density at radius 3 is 2.12 bits per heavy atom. The van der Waals surface area contributed by atoms with Gasteiger partial charge in [0.05, 0.1) is 11.4 Å². The predicted octanol–water partition coefficient (Wildman–Crippen LogP) is 3.84. The van der Waals surface area contributed by atoms with Crippen molar-refractivity contribution in [2.75, 3.05) is 37.6 Å². The number of hydrogen-bond acceptors (Lipinski definition) is 4. The van der Waals surface area contributed by atoms with Crippen LogP contribution >= 0.6 is 0 Å². The molecule has 6 nitrogen and oxygen atoms in total. The fourth-order valence-corrected chi connectivity index (χ4v) is 5.93. The van der Waals surface area contributed by atoms with Gasteiger partial charge in [0.1, 0.15) is 0 Å². The third-order valence-electron chi connectivity index (χ3n) is 6.23. The lowest BCUT2D eigenvalue weighted by Crippen LogP contribution is -2.51. The second-order valence-corrected chi connectivity index (χ2v) is 10.6. The molecule has 1 amide bonds. The van der Waals surface area contributed by atoms with Crippen LogP contribution in [0.5, 0.6) is 0 Å². The van der Waals surface area contributed by atoms with Gasteiger partial charge in [0.2, 0.25) is 15.9 Å². The van der Waals surface area contributed by atoms with Crippen molar-refractivity contribution >= 4 is 21.6 Å². The SMILES string of the molecule is Cc1ccc(C)c(S(=O)(=O)N(CC(=O)N2CCN(c3ccccc3)CC2)Cc2ccccc2)c1. The summed E-state index contributed by atoms with van der Waals surface area (Å²) in [5.74, 6) is -0.169. The number of amides is 1. The Hall–Kier alpha value is -3.16. The van der Waals surface area contributed by atoms with Crippen LogP contribution in [-0.2, 0) is 21.4 Å². The van der Waals surface area contributed by atoms with Crippen molar-refractivity contribution in [3.05, 3.63) is 95.6 Å². The zero-order chi connectivity index (χ0) is 24.1. The molecule has 0 aromatic heterocycles. The molecule has 0 radical (unpaired) electrons. The molecule has 7 heteroatoms. The highest BCUT2D eigenvalue weighted by Gasteiger charge is 2.31. The standard InChI is InChI=1S/C27H31N3O3S/c1-22-13-14-23(2)26(19-22)34(32,33)30(20-24-9-5-3-6-10-24)21-27(31)29-17-15-28(16-18-29)25-11-7-4-8-12-25/h3-14,19H,15-18,20-21H2,1-2H3. The van der Waals surface area contributed by atoms with E-state index in [4.69, 9.17) is 0 Å². The molecular formula is C27H31N3O3S. The Morgan fingerprint density at radius 2 is 1.47 bits per heavy atom. The molecule has 1 aliphatic rings.